The normalized spacial score (nSPS) is 10.5. The van der Waals surface area contributed by atoms with Crippen molar-refractivity contribution in [3.8, 4) is 5.75 Å². The van der Waals surface area contributed by atoms with E-state index in [1.165, 1.54) is 0 Å². The van der Waals surface area contributed by atoms with E-state index in [0.717, 1.165) is 26.5 Å². The van der Waals surface area contributed by atoms with Gasteiger partial charge in [-0.05, 0) is 30.7 Å². The first-order chi connectivity index (χ1) is 8.19. The van der Waals surface area contributed by atoms with Crippen LogP contribution in [0.25, 0.3) is 0 Å². The van der Waals surface area contributed by atoms with Crippen LogP contribution < -0.4 is 10.5 Å². The quantitative estimate of drug-likeness (QED) is 0.942. The molecule has 1 aromatic heterocycles. The van der Waals surface area contributed by atoms with Crippen LogP contribution in [-0.4, -0.2) is 4.98 Å². The number of benzene rings is 1. The molecule has 2 aromatic rings. The molecule has 0 aliphatic heterocycles. The van der Waals surface area contributed by atoms with E-state index in [4.69, 9.17) is 10.5 Å². The summed E-state index contributed by atoms with van der Waals surface area (Å²) in [6, 6.07) is 5.92. The number of aromatic nitrogens is 1. The molecule has 0 bridgehead atoms. The number of aryl methyl sites for hydroxylation is 1. The van der Waals surface area contributed by atoms with Crippen molar-refractivity contribution in [1.29, 1.82) is 0 Å². The van der Waals surface area contributed by atoms with Gasteiger partial charge in [0.1, 0.15) is 17.4 Å². The van der Waals surface area contributed by atoms with Gasteiger partial charge in [0.05, 0.1) is 5.69 Å². The van der Waals surface area contributed by atoms with Crippen LogP contribution in [0.3, 0.4) is 0 Å². The molecule has 0 atom stereocenters. The topological polar surface area (TPSA) is 48.1 Å². The Labute approximate surface area is 113 Å². The molecule has 0 amide bonds. The second-order valence-electron chi connectivity index (χ2n) is 3.64. The zero-order valence-electron chi connectivity index (χ0n) is 9.44. The Morgan fingerprint density at radius 2 is 2.29 bits per heavy atom. The summed E-state index contributed by atoms with van der Waals surface area (Å²) in [6.07, 6.45) is 0. The van der Waals surface area contributed by atoms with Crippen LogP contribution in [0, 0.1) is 6.92 Å². The van der Waals surface area contributed by atoms with Crippen molar-refractivity contribution in [2.24, 2.45) is 5.73 Å². The number of nitrogens with two attached hydrogens (primary N) is 1. The van der Waals surface area contributed by atoms with E-state index in [1.807, 2.05) is 30.5 Å². The van der Waals surface area contributed by atoms with Gasteiger partial charge in [0, 0.05) is 16.4 Å². The third-order valence-corrected chi connectivity index (χ3v) is 4.10. The maximum absolute atomic E-state index is 5.67. The predicted molar refractivity (Wildman–Crippen MR) is 73.2 cm³/mol. The SMILES string of the molecule is Cc1cc(OCc2csc(CN)n2)ccc1Br. The molecule has 17 heavy (non-hydrogen) atoms. The van der Waals surface area contributed by atoms with Gasteiger partial charge in [0.15, 0.2) is 0 Å². The monoisotopic (exact) mass is 312 g/mol. The third-order valence-electron chi connectivity index (χ3n) is 2.29. The lowest BCUT2D eigenvalue weighted by Crippen LogP contribution is -1.99. The van der Waals surface area contributed by atoms with Crippen LogP contribution in [0.15, 0.2) is 28.1 Å². The minimum atomic E-state index is 0.484. The van der Waals surface area contributed by atoms with Crippen LogP contribution in [0.4, 0.5) is 0 Å². The summed E-state index contributed by atoms with van der Waals surface area (Å²) in [7, 11) is 0. The highest BCUT2D eigenvalue weighted by atomic mass is 79.9. The van der Waals surface area contributed by atoms with Crippen LogP contribution in [0.5, 0.6) is 5.75 Å². The zero-order chi connectivity index (χ0) is 12.3. The van der Waals surface area contributed by atoms with Crippen LogP contribution in [0.2, 0.25) is 0 Å². The van der Waals surface area contributed by atoms with Gasteiger partial charge in [-0.25, -0.2) is 4.98 Å². The van der Waals surface area contributed by atoms with Crippen molar-refractivity contribution in [1.82, 2.24) is 4.98 Å². The van der Waals surface area contributed by atoms with Crippen LogP contribution in [-0.2, 0) is 13.2 Å². The zero-order valence-corrected chi connectivity index (χ0v) is 11.8. The van der Waals surface area contributed by atoms with E-state index in [0.29, 0.717) is 13.2 Å². The molecule has 0 fully saturated rings. The van der Waals surface area contributed by atoms with Crippen molar-refractivity contribution in [2.45, 2.75) is 20.1 Å². The molecule has 0 radical (unpaired) electrons. The number of thiazole rings is 1. The molecule has 0 spiro atoms. The molecule has 2 rings (SSSR count). The molecule has 0 saturated carbocycles. The van der Waals surface area contributed by atoms with Crippen LogP contribution in [0.1, 0.15) is 16.3 Å². The Balaban J connectivity index is 1.99. The first-order valence-electron chi connectivity index (χ1n) is 5.21. The fraction of sp³-hybridized carbons (Fsp3) is 0.250. The molecule has 5 heteroatoms. The van der Waals surface area contributed by atoms with Gasteiger partial charge in [-0.3, -0.25) is 0 Å². The predicted octanol–water partition coefficient (Wildman–Crippen LogP) is 3.25. The molecular weight excluding hydrogens is 300 g/mol. The maximum Gasteiger partial charge on any atom is 0.131 e. The molecule has 1 heterocycles. The Morgan fingerprint density at radius 3 is 2.94 bits per heavy atom. The van der Waals surface area contributed by atoms with Gasteiger partial charge < -0.3 is 10.5 Å². The summed E-state index contributed by atoms with van der Waals surface area (Å²) < 4.78 is 6.76. The molecule has 0 aliphatic rings. The van der Waals surface area contributed by atoms with Crippen molar-refractivity contribution < 1.29 is 4.74 Å². The average molecular weight is 313 g/mol. The Kier molecular flexibility index (Phi) is 4.15. The van der Waals surface area contributed by atoms with Gasteiger partial charge in [0.2, 0.25) is 0 Å². The number of rotatable bonds is 4. The lowest BCUT2D eigenvalue weighted by molar-refractivity contribution is 0.301. The number of ether oxygens (including phenoxy) is 1. The summed E-state index contributed by atoms with van der Waals surface area (Å²) in [5, 5.41) is 2.92. The van der Waals surface area contributed by atoms with E-state index in [9.17, 15) is 0 Å². The molecule has 0 unspecified atom stereocenters. The van der Waals surface area contributed by atoms with Crippen molar-refractivity contribution in [3.05, 3.63) is 44.3 Å². The minimum Gasteiger partial charge on any atom is -0.487 e. The van der Waals surface area contributed by atoms with Gasteiger partial charge >= 0.3 is 0 Å². The number of hydrogen-bond acceptors (Lipinski definition) is 4. The van der Waals surface area contributed by atoms with E-state index in [2.05, 4.69) is 20.9 Å². The smallest absolute Gasteiger partial charge is 0.131 e. The summed E-state index contributed by atoms with van der Waals surface area (Å²) in [5.74, 6) is 0.855. The van der Waals surface area contributed by atoms with Crippen molar-refractivity contribution in [2.75, 3.05) is 0 Å². The van der Waals surface area contributed by atoms with E-state index in [-0.39, 0.29) is 0 Å². The number of nitrogens with zero attached hydrogens (tertiary/aromatic N) is 1. The molecular formula is C12H13BrN2OS. The highest BCUT2D eigenvalue weighted by Gasteiger charge is 2.02. The molecule has 2 N–H and O–H groups in total. The van der Waals surface area contributed by atoms with E-state index < -0.39 is 0 Å². The number of halogens is 1. The Morgan fingerprint density at radius 1 is 1.47 bits per heavy atom. The summed E-state index contributed by atoms with van der Waals surface area (Å²) in [4.78, 5) is 4.34. The Hall–Kier alpha value is -0.910. The summed E-state index contributed by atoms with van der Waals surface area (Å²) in [5.41, 5.74) is 7.59. The fourth-order valence-corrected chi connectivity index (χ4v) is 2.28. The molecule has 3 nitrogen and oxygen atoms in total. The van der Waals surface area contributed by atoms with Gasteiger partial charge in [0.25, 0.3) is 0 Å². The van der Waals surface area contributed by atoms with E-state index >= 15 is 0 Å². The lowest BCUT2D eigenvalue weighted by Gasteiger charge is -2.06. The minimum absolute atomic E-state index is 0.484. The highest BCUT2D eigenvalue weighted by molar-refractivity contribution is 9.10. The van der Waals surface area contributed by atoms with E-state index in [1.54, 1.807) is 11.3 Å². The molecule has 90 valence electrons. The van der Waals surface area contributed by atoms with Gasteiger partial charge in [-0.2, -0.15) is 0 Å². The van der Waals surface area contributed by atoms with Gasteiger partial charge in [-0.1, -0.05) is 15.9 Å². The fourth-order valence-electron chi connectivity index (χ4n) is 1.37. The molecule has 0 aliphatic carbocycles. The first kappa shape index (κ1) is 12.5. The standard InChI is InChI=1S/C12H13BrN2OS/c1-8-4-10(2-3-11(8)13)16-6-9-7-17-12(5-14)15-9/h2-4,7H,5-6,14H2,1H3. The number of hydrogen-bond donors (Lipinski definition) is 1. The van der Waals surface area contributed by atoms with Crippen molar-refractivity contribution in [3.63, 3.8) is 0 Å². The Bertz CT molecular complexity index is 513. The second kappa shape index (κ2) is 5.62. The third kappa shape index (κ3) is 3.28. The maximum atomic E-state index is 5.67. The summed E-state index contributed by atoms with van der Waals surface area (Å²) >= 11 is 5.02. The lowest BCUT2D eigenvalue weighted by atomic mass is 10.2. The molecule has 0 saturated heterocycles. The van der Waals surface area contributed by atoms with Gasteiger partial charge in [-0.15, -0.1) is 11.3 Å². The molecule has 1 aromatic carbocycles. The summed E-state index contributed by atoms with van der Waals surface area (Å²) in [6.45, 7) is 3.01. The second-order valence-corrected chi connectivity index (χ2v) is 5.43. The van der Waals surface area contributed by atoms with Crippen LogP contribution >= 0.6 is 27.3 Å². The first-order valence-corrected chi connectivity index (χ1v) is 6.88. The highest BCUT2D eigenvalue weighted by Crippen LogP contribution is 2.22. The average Bonchev–Trinajstić information content (AvgIpc) is 2.79. The largest absolute Gasteiger partial charge is 0.487 e. The van der Waals surface area contributed by atoms with Crippen molar-refractivity contribution >= 4 is 27.3 Å².